The molecular formula is C25H25N. The van der Waals surface area contributed by atoms with Crippen LogP contribution in [-0.2, 0) is 0 Å². The van der Waals surface area contributed by atoms with E-state index >= 15 is 0 Å². The van der Waals surface area contributed by atoms with Crippen LogP contribution in [0.5, 0.6) is 0 Å². The third kappa shape index (κ3) is 3.23. The molecule has 1 nitrogen and oxygen atoms in total. The van der Waals surface area contributed by atoms with Gasteiger partial charge in [-0.05, 0) is 48.2 Å². The smallest absolute Gasteiger partial charge is 0.0540 e. The molecule has 3 aromatic carbocycles. The minimum Gasteiger partial charge on any atom is -0.289 e. The van der Waals surface area contributed by atoms with Gasteiger partial charge in [0.15, 0.2) is 0 Å². The van der Waals surface area contributed by atoms with Gasteiger partial charge in [-0.15, -0.1) is 0 Å². The van der Waals surface area contributed by atoms with Gasteiger partial charge in [0, 0.05) is 6.04 Å². The van der Waals surface area contributed by atoms with E-state index in [1.54, 1.807) is 0 Å². The van der Waals surface area contributed by atoms with Gasteiger partial charge < -0.3 is 0 Å². The predicted molar refractivity (Wildman–Crippen MR) is 110 cm³/mol. The van der Waals surface area contributed by atoms with Crippen molar-refractivity contribution in [3.63, 3.8) is 0 Å². The van der Waals surface area contributed by atoms with E-state index in [1.165, 1.54) is 27.8 Å². The molecule has 0 aromatic heterocycles. The van der Waals surface area contributed by atoms with Gasteiger partial charge >= 0.3 is 0 Å². The van der Waals surface area contributed by atoms with E-state index < -0.39 is 0 Å². The fraction of sp³-hybridized carbons (Fsp3) is 0.200. The molecule has 1 aliphatic heterocycles. The van der Waals surface area contributed by atoms with Gasteiger partial charge in [-0.1, -0.05) is 91.0 Å². The number of benzene rings is 3. The van der Waals surface area contributed by atoms with Crippen LogP contribution in [0.25, 0.3) is 5.57 Å². The Morgan fingerprint density at radius 3 is 1.96 bits per heavy atom. The Labute approximate surface area is 156 Å². The van der Waals surface area contributed by atoms with Gasteiger partial charge in [-0.25, -0.2) is 0 Å². The second-order valence-corrected chi connectivity index (χ2v) is 7.16. The van der Waals surface area contributed by atoms with Crippen LogP contribution in [0.15, 0.2) is 91.0 Å². The number of hydrogen-bond acceptors (Lipinski definition) is 1. The summed E-state index contributed by atoms with van der Waals surface area (Å²) in [5, 5.41) is 0. The van der Waals surface area contributed by atoms with E-state index in [2.05, 4.69) is 110 Å². The second kappa shape index (κ2) is 7.31. The summed E-state index contributed by atoms with van der Waals surface area (Å²) in [6.07, 6.45) is 3.49. The van der Waals surface area contributed by atoms with Crippen molar-refractivity contribution in [1.82, 2.24) is 4.90 Å². The molecular weight excluding hydrogens is 314 g/mol. The van der Waals surface area contributed by atoms with Crippen molar-refractivity contribution in [1.29, 1.82) is 0 Å². The Balaban J connectivity index is 1.81. The molecule has 0 saturated carbocycles. The number of aryl methyl sites for hydroxylation is 1. The summed E-state index contributed by atoms with van der Waals surface area (Å²) >= 11 is 0. The van der Waals surface area contributed by atoms with Crippen molar-refractivity contribution in [2.24, 2.45) is 0 Å². The van der Waals surface area contributed by atoms with Crippen LogP contribution in [0.2, 0.25) is 0 Å². The number of likely N-dealkylation sites (N-methyl/N-ethyl adjacent to an activating group) is 1. The lowest BCUT2D eigenvalue weighted by atomic mass is 9.84. The van der Waals surface area contributed by atoms with Gasteiger partial charge in [0.1, 0.15) is 0 Å². The van der Waals surface area contributed by atoms with Crippen LogP contribution >= 0.6 is 0 Å². The first-order valence-electron chi connectivity index (χ1n) is 9.32. The van der Waals surface area contributed by atoms with Crippen molar-refractivity contribution >= 4 is 5.57 Å². The third-order valence-electron chi connectivity index (χ3n) is 5.52. The highest BCUT2D eigenvalue weighted by Gasteiger charge is 2.30. The van der Waals surface area contributed by atoms with E-state index in [9.17, 15) is 0 Å². The Morgan fingerprint density at radius 2 is 1.31 bits per heavy atom. The largest absolute Gasteiger partial charge is 0.289 e. The molecule has 0 radical (unpaired) electrons. The van der Waals surface area contributed by atoms with Crippen molar-refractivity contribution in [2.75, 3.05) is 7.05 Å². The van der Waals surface area contributed by atoms with Crippen LogP contribution in [0, 0.1) is 6.92 Å². The number of nitrogens with zero attached hydrogens (tertiary/aromatic N) is 1. The van der Waals surface area contributed by atoms with Crippen molar-refractivity contribution in [2.45, 2.75) is 25.4 Å². The van der Waals surface area contributed by atoms with Gasteiger partial charge in [0.2, 0.25) is 0 Å². The Kier molecular flexibility index (Phi) is 4.73. The molecule has 1 heteroatoms. The topological polar surface area (TPSA) is 3.24 Å². The molecule has 0 spiro atoms. The standard InChI is InChI=1S/C25H25N/c1-19-11-9-10-16-23(19)22-17-24(20-12-5-3-6-13-20)26(2)25(18-22)21-14-7-4-8-15-21/h3-17,24-25H,18H2,1-2H3/t24-,25-/m0/s1. The zero-order valence-corrected chi connectivity index (χ0v) is 15.5. The quantitative estimate of drug-likeness (QED) is 0.549. The third-order valence-corrected chi connectivity index (χ3v) is 5.52. The highest BCUT2D eigenvalue weighted by atomic mass is 15.2. The van der Waals surface area contributed by atoms with Gasteiger partial charge in [-0.3, -0.25) is 4.90 Å². The molecule has 130 valence electrons. The lowest BCUT2D eigenvalue weighted by Crippen LogP contribution is -2.32. The molecule has 4 rings (SSSR count). The number of hydrogen-bond donors (Lipinski definition) is 0. The van der Waals surface area contributed by atoms with E-state index in [0.29, 0.717) is 6.04 Å². The fourth-order valence-corrected chi connectivity index (χ4v) is 4.07. The summed E-state index contributed by atoms with van der Waals surface area (Å²) in [5.74, 6) is 0. The first-order chi connectivity index (χ1) is 12.7. The Morgan fingerprint density at radius 1 is 0.731 bits per heavy atom. The maximum Gasteiger partial charge on any atom is 0.0540 e. The maximum atomic E-state index is 2.51. The molecule has 3 aromatic rings. The molecule has 0 amide bonds. The summed E-state index contributed by atoms with van der Waals surface area (Å²) in [7, 11) is 2.25. The summed E-state index contributed by atoms with van der Waals surface area (Å²) in [4.78, 5) is 2.51. The first kappa shape index (κ1) is 16.8. The second-order valence-electron chi connectivity index (χ2n) is 7.16. The van der Waals surface area contributed by atoms with E-state index in [0.717, 1.165) is 6.42 Å². The molecule has 1 aliphatic rings. The monoisotopic (exact) mass is 339 g/mol. The lowest BCUT2D eigenvalue weighted by Gasteiger charge is -2.39. The SMILES string of the molecule is Cc1ccccc1C1=C[C@@H](c2ccccc2)N(C)[C@H](c2ccccc2)C1. The minimum atomic E-state index is 0.282. The average molecular weight is 339 g/mol. The molecule has 0 unspecified atom stereocenters. The summed E-state index contributed by atoms with van der Waals surface area (Å²) in [6, 6.07) is 31.1. The zero-order chi connectivity index (χ0) is 17.9. The highest BCUT2D eigenvalue weighted by Crippen LogP contribution is 2.43. The van der Waals surface area contributed by atoms with Crippen LogP contribution in [0.4, 0.5) is 0 Å². The van der Waals surface area contributed by atoms with Gasteiger partial charge in [-0.2, -0.15) is 0 Å². The van der Waals surface area contributed by atoms with Crippen molar-refractivity contribution < 1.29 is 0 Å². The van der Waals surface area contributed by atoms with Crippen LogP contribution in [-0.4, -0.2) is 11.9 Å². The molecule has 2 atom stereocenters. The maximum absolute atomic E-state index is 2.51. The van der Waals surface area contributed by atoms with Crippen LogP contribution < -0.4 is 0 Å². The fourth-order valence-electron chi connectivity index (χ4n) is 4.07. The predicted octanol–water partition coefficient (Wildman–Crippen LogP) is 6.20. The lowest BCUT2D eigenvalue weighted by molar-refractivity contribution is 0.197. The zero-order valence-electron chi connectivity index (χ0n) is 15.5. The molecule has 0 N–H and O–H groups in total. The first-order valence-corrected chi connectivity index (χ1v) is 9.32. The number of rotatable bonds is 3. The van der Waals surface area contributed by atoms with Gasteiger partial charge in [0.05, 0.1) is 6.04 Å². The van der Waals surface area contributed by atoms with Crippen LogP contribution in [0.3, 0.4) is 0 Å². The normalized spacial score (nSPS) is 20.6. The molecule has 0 fully saturated rings. The van der Waals surface area contributed by atoms with E-state index in [4.69, 9.17) is 0 Å². The summed E-state index contributed by atoms with van der Waals surface area (Å²) in [6.45, 7) is 2.21. The Hall–Kier alpha value is -2.64. The van der Waals surface area contributed by atoms with Crippen molar-refractivity contribution in [3.05, 3.63) is 113 Å². The molecule has 0 aliphatic carbocycles. The molecule has 1 heterocycles. The average Bonchev–Trinajstić information content (AvgIpc) is 2.70. The van der Waals surface area contributed by atoms with Crippen molar-refractivity contribution in [3.8, 4) is 0 Å². The molecule has 0 saturated heterocycles. The molecule has 26 heavy (non-hydrogen) atoms. The highest BCUT2D eigenvalue weighted by molar-refractivity contribution is 5.70. The van der Waals surface area contributed by atoms with Gasteiger partial charge in [0.25, 0.3) is 0 Å². The summed E-state index contributed by atoms with van der Waals surface area (Å²) in [5.41, 5.74) is 6.91. The van der Waals surface area contributed by atoms with Crippen LogP contribution in [0.1, 0.15) is 40.8 Å². The minimum absolute atomic E-state index is 0.282. The summed E-state index contributed by atoms with van der Waals surface area (Å²) < 4.78 is 0. The van der Waals surface area contributed by atoms with E-state index in [-0.39, 0.29) is 6.04 Å². The molecule has 0 bridgehead atoms. The van der Waals surface area contributed by atoms with E-state index in [1.807, 2.05) is 0 Å². The Bertz CT molecular complexity index is 896.